The summed E-state index contributed by atoms with van der Waals surface area (Å²) in [6.07, 6.45) is 30.1. The van der Waals surface area contributed by atoms with Gasteiger partial charge in [0.2, 0.25) is 17.8 Å². The second kappa shape index (κ2) is 29.7. The Bertz CT molecular complexity index is 868. The summed E-state index contributed by atoms with van der Waals surface area (Å²) in [5.41, 5.74) is 11.4. The number of unbranched alkanes of at least 4 members (excludes halogenated alkanes) is 22. The predicted molar refractivity (Wildman–Crippen MR) is 189 cm³/mol. The molecule has 10 nitrogen and oxygen atoms in total. The van der Waals surface area contributed by atoms with E-state index in [1.807, 2.05) is 0 Å². The molecule has 0 aliphatic carbocycles. The molecule has 0 bridgehead atoms. The summed E-state index contributed by atoms with van der Waals surface area (Å²) in [6, 6.07) is -0.835. The van der Waals surface area contributed by atoms with E-state index in [1.165, 1.54) is 122 Å². The summed E-state index contributed by atoms with van der Waals surface area (Å²) < 4.78 is 11.0. The number of carbonyl (C=O) groups is 2. The predicted octanol–water partition coefficient (Wildman–Crippen LogP) is 9.09. The van der Waals surface area contributed by atoms with Crippen LogP contribution in [-0.4, -0.2) is 46.1 Å². The average Bonchev–Trinajstić information content (AvgIpc) is 3.03. The second-order valence-electron chi connectivity index (χ2n) is 12.8. The van der Waals surface area contributed by atoms with E-state index in [4.69, 9.17) is 20.9 Å². The molecular formula is C36H68N6O4. The summed E-state index contributed by atoms with van der Waals surface area (Å²) in [6.45, 7) is 5.24. The quantitative estimate of drug-likeness (QED) is 0.0508. The molecule has 0 amide bonds. The molecule has 5 N–H and O–H groups in total. The summed E-state index contributed by atoms with van der Waals surface area (Å²) in [5, 5.41) is 2.93. The van der Waals surface area contributed by atoms with E-state index in [-0.39, 0.29) is 36.7 Å². The fraction of sp³-hybridized carbons (Fsp3) is 0.861. The highest BCUT2D eigenvalue weighted by Crippen LogP contribution is 2.15. The summed E-state index contributed by atoms with van der Waals surface area (Å²) >= 11 is 0. The SMILES string of the molecule is CCCCCCCCCCCCCCOC(=O)CC[C@H](Nc1nc(N)nc(N)n1)C(=O)OCCCCCCCCCCCCCC. The number of nitrogens with two attached hydrogens (primary N) is 2. The molecule has 0 fully saturated rings. The van der Waals surface area contributed by atoms with Gasteiger partial charge in [0.05, 0.1) is 13.2 Å². The van der Waals surface area contributed by atoms with Gasteiger partial charge in [-0.05, 0) is 19.3 Å². The van der Waals surface area contributed by atoms with Gasteiger partial charge in [-0.2, -0.15) is 15.0 Å². The minimum Gasteiger partial charge on any atom is -0.466 e. The van der Waals surface area contributed by atoms with Crippen LogP contribution in [-0.2, 0) is 19.1 Å². The van der Waals surface area contributed by atoms with Crippen LogP contribution in [0.25, 0.3) is 0 Å². The van der Waals surface area contributed by atoms with Crippen molar-refractivity contribution in [3.05, 3.63) is 0 Å². The van der Waals surface area contributed by atoms with Crippen molar-refractivity contribution in [1.82, 2.24) is 15.0 Å². The van der Waals surface area contributed by atoms with Gasteiger partial charge in [-0.25, -0.2) is 4.79 Å². The third-order valence-electron chi connectivity index (χ3n) is 8.40. The number of nitrogen functional groups attached to an aromatic ring is 2. The lowest BCUT2D eigenvalue weighted by Crippen LogP contribution is -2.33. The number of esters is 2. The van der Waals surface area contributed by atoms with E-state index in [1.54, 1.807) is 0 Å². The number of hydrogen-bond donors (Lipinski definition) is 3. The minimum absolute atomic E-state index is 0.0552. The maximum Gasteiger partial charge on any atom is 0.328 e. The van der Waals surface area contributed by atoms with Gasteiger partial charge >= 0.3 is 11.9 Å². The number of aromatic nitrogens is 3. The van der Waals surface area contributed by atoms with Crippen molar-refractivity contribution in [2.45, 2.75) is 187 Å². The Hall–Kier alpha value is -2.65. The molecule has 266 valence electrons. The van der Waals surface area contributed by atoms with Crippen molar-refractivity contribution < 1.29 is 19.1 Å². The van der Waals surface area contributed by atoms with Crippen molar-refractivity contribution in [1.29, 1.82) is 0 Å². The van der Waals surface area contributed by atoms with Gasteiger partial charge in [-0.1, -0.05) is 155 Å². The first-order valence-electron chi connectivity index (χ1n) is 18.8. The average molecular weight is 649 g/mol. The monoisotopic (exact) mass is 649 g/mol. The molecule has 1 aromatic heterocycles. The first-order chi connectivity index (χ1) is 22.5. The van der Waals surface area contributed by atoms with Crippen molar-refractivity contribution in [3.8, 4) is 0 Å². The zero-order valence-corrected chi connectivity index (χ0v) is 29.5. The normalized spacial score (nSPS) is 11.8. The molecule has 1 heterocycles. The standard InChI is InChI=1S/C36H68N6O4/c1-3-5-7-9-11-13-15-17-19-21-23-25-29-45-32(43)28-27-31(39-36-41-34(37)40-35(38)42-36)33(44)46-30-26-24-22-20-18-16-14-12-10-8-6-4-2/h31H,3-30H2,1-2H3,(H5,37,38,39,40,41,42)/t31-/m0/s1. The van der Waals surface area contributed by atoms with Crippen LogP contribution in [0.1, 0.15) is 181 Å². The molecule has 0 saturated heterocycles. The molecule has 1 aromatic rings. The van der Waals surface area contributed by atoms with Gasteiger partial charge < -0.3 is 26.3 Å². The first kappa shape index (κ1) is 41.4. The number of carbonyl (C=O) groups excluding carboxylic acids is 2. The van der Waals surface area contributed by atoms with E-state index in [0.717, 1.165) is 32.1 Å². The van der Waals surface area contributed by atoms with Gasteiger partial charge in [0.25, 0.3) is 0 Å². The lowest BCUT2D eigenvalue weighted by Gasteiger charge is -2.17. The largest absolute Gasteiger partial charge is 0.466 e. The minimum atomic E-state index is -0.835. The zero-order chi connectivity index (χ0) is 33.5. The van der Waals surface area contributed by atoms with E-state index in [2.05, 4.69) is 34.1 Å². The second-order valence-corrected chi connectivity index (χ2v) is 12.8. The molecule has 0 aliphatic rings. The van der Waals surface area contributed by atoms with Crippen LogP contribution in [0.4, 0.5) is 17.8 Å². The number of nitrogens with zero attached hydrogens (tertiary/aromatic N) is 3. The maximum absolute atomic E-state index is 12.9. The Morgan fingerprint density at radius 2 is 0.935 bits per heavy atom. The van der Waals surface area contributed by atoms with Crippen molar-refractivity contribution in [3.63, 3.8) is 0 Å². The van der Waals surface area contributed by atoms with Crippen LogP contribution in [0, 0.1) is 0 Å². The van der Waals surface area contributed by atoms with Crippen molar-refractivity contribution >= 4 is 29.8 Å². The van der Waals surface area contributed by atoms with Gasteiger partial charge in [0.1, 0.15) is 6.04 Å². The maximum atomic E-state index is 12.9. The molecule has 0 spiro atoms. The zero-order valence-electron chi connectivity index (χ0n) is 29.5. The third kappa shape index (κ3) is 24.6. The molecule has 0 saturated carbocycles. The number of anilines is 3. The molecule has 0 radical (unpaired) electrons. The Labute approximate surface area is 280 Å². The Morgan fingerprint density at radius 3 is 1.35 bits per heavy atom. The number of hydrogen-bond acceptors (Lipinski definition) is 10. The molecular weight excluding hydrogens is 580 g/mol. The van der Waals surface area contributed by atoms with Gasteiger partial charge in [-0.15, -0.1) is 0 Å². The Morgan fingerprint density at radius 1 is 0.565 bits per heavy atom. The fourth-order valence-electron chi connectivity index (χ4n) is 5.56. The van der Waals surface area contributed by atoms with Crippen LogP contribution in [0.3, 0.4) is 0 Å². The molecule has 46 heavy (non-hydrogen) atoms. The highest BCUT2D eigenvalue weighted by molar-refractivity contribution is 5.80. The molecule has 1 rings (SSSR count). The molecule has 0 aliphatic heterocycles. The number of ether oxygens (including phenoxy) is 2. The van der Waals surface area contributed by atoms with Crippen LogP contribution in [0.5, 0.6) is 0 Å². The van der Waals surface area contributed by atoms with Crippen LogP contribution >= 0.6 is 0 Å². The van der Waals surface area contributed by atoms with Crippen LogP contribution in [0.2, 0.25) is 0 Å². The van der Waals surface area contributed by atoms with Gasteiger partial charge in [0, 0.05) is 6.42 Å². The Balaban J connectivity index is 2.26. The van der Waals surface area contributed by atoms with E-state index in [9.17, 15) is 9.59 Å². The molecule has 0 aromatic carbocycles. The molecule has 1 atom stereocenters. The first-order valence-corrected chi connectivity index (χ1v) is 18.8. The van der Waals surface area contributed by atoms with E-state index < -0.39 is 12.0 Å². The Kier molecular flexibility index (Phi) is 26.7. The van der Waals surface area contributed by atoms with Gasteiger partial charge in [0.15, 0.2) is 0 Å². The fourth-order valence-corrected chi connectivity index (χ4v) is 5.56. The smallest absolute Gasteiger partial charge is 0.328 e. The summed E-state index contributed by atoms with van der Waals surface area (Å²) in [5.74, 6) is -0.837. The van der Waals surface area contributed by atoms with Crippen molar-refractivity contribution in [2.24, 2.45) is 0 Å². The topological polar surface area (TPSA) is 155 Å². The highest BCUT2D eigenvalue weighted by Gasteiger charge is 2.23. The molecule has 10 heteroatoms. The van der Waals surface area contributed by atoms with E-state index in [0.29, 0.717) is 13.2 Å². The molecule has 0 unspecified atom stereocenters. The van der Waals surface area contributed by atoms with Crippen LogP contribution < -0.4 is 16.8 Å². The summed E-state index contributed by atoms with van der Waals surface area (Å²) in [7, 11) is 0. The van der Waals surface area contributed by atoms with Crippen LogP contribution in [0.15, 0.2) is 0 Å². The number of rotatable bonds is 32. The van der Waals surface area contributed by atoms with Gasteiger partial charge in [-0.3, -0.25) is 4.79 Å². The number of nitrogens with one attached hydrogen (secondary N) is 1. The third-order valence-corrected chi connectivity index (χ3v) is 8.40. The highest BCUT2D eigenvalue weighted by atomic mass is 16.5. The van der Waals surface area contributed by atoms with E-state index >= 15 is 0 Å². The lowest BCUT2D eigenvalue weighted by atomic mass is 10.1. The lowest BCUT2D eigenvalue weighted by molar-refractivity contribution is -0.146. The summed E-state index contributed by atoms with van der Waals surface area (Å²) in [4.78, 5) is 37.2. The van der Waals surface area contributed by atoms with Crippen molar-refractivity contribution in [2.75, 3.05) is 30.0 Å².